The zero-order chi connectivity index (χ0) is 16.8. The lowest BCUT2D eigenvalue weighted by Crippen LogP contribution is -2.19. The van der Waals surface area contributed by atoms with Gasteiger partial charge in [-0.25, -0.2) is 4.79 Å². The third kappa shape index (κ3) is 4.89. The van der Waals surface area contributed by atoms with Crippen LogP contribution in [0.4, 0.5) is 21.9 Å². The van der Waals surface area contributed by atoms with Crippen LogP contribution in [0, 0.1) is 0 Å². The number of amides is 3. The highest BCUT2D eigenvalue weighted by Gasteiger charge is 2.08. The standard InChI is InChI=1S/C16H16ClN3O3/c1-10(21)18-14-9-13(6-7-15(14)23-2)20-16(22)19-12-5-3-4-11(17)8-12/h3-9H,1-2H3,(H,18,21)(H2,19,20,22). The highest BCUT2D eigenvalue weighted by molar-refractivity contribution is 6.30. The van der Waals surface area contributed by atoms with Gasteiger partial charge in [-0.1, -0.05) is 17.7 Å². The Morgan fingerprint density at radius 1 is 1.00 bits per heavy atom. The summed E-state index contributed by atoms with van der Waals surface area (Å²) in [6.45, 7) is 1.39. The summed E-state index contributed by atoms with van der Waals surface area (Å²) in [4.78, 5) is 23.2. The molecule has 0 aliphatic heterocycles. The van der Waals surface area contributed by atoms with Gasteiger partial charge in [0.15, 0.2) is 0 Å². The number of hydrogen-bond acceptors (Lipinski definition) is 3. The molecule has 0 aliphatic carbocycles. The minimum Gasteiger partial charge on any atom is -0.495 e. The van der Waals surface area contributed by atoms with Crippen LogP contribution in [0.15, 0.2) is 42.5 Å². The lowest BCUT2D eigenvalue weighted by molar-refractivity contribution is -0.114. The van der Waals surface area contributed by atoms with E-state index in [1.165, 1.54) is 14.0 Å². The van der Waals surface area contributed by atoms with Crippen molar-refractivity contribution in [2.45, 2.75) is 6.92 Å². The molecule has 2 aromatic carbocycles. The molecule has 0 saturated carbocycles. The number of urea groups is 1. The Morgan fingerprint density at radius 2 is 1.70 bits per heavy atom. The van der Waals surface area contributed by atoms with Crippen LogP contribution < -0.4 is 20.7 Å². The summed E-state index contributed by atoms with van der Waals surface area (Å²) < 4.78 is 5.16. The number of ether oxygens (including phenoxy) is 1. The van der Waals surface area contributed by atoms with Crippen LogP contribution in [0.5, 0.6) is 5.75 Å². The summed E-state index contributed by atoms with van der Waals surface area (Å²) >= 11 is 5.87. The van der Waals surface area contributed by atoms with Crippen molar-refractivity contribution in [2.24, 2.45) is 0 Å². The predicted molar refractivity (Wildman–Crippen MR) is 91.4 cm³/mol. The molecule has 6 nitrogen and oxygen atoms in total. The Hall–Kier alpha value is -2.73. The molecule has 0 heterocycles. The molecule has 0 aromatic heterocycles. The van der Waals surface area contributed by atoms with E-state index in [9.17, 15) is 9.59 Å². The van der Waals surface area contributed by atoms with Crippen molar-refractivity contribution in [3.63, 3.8) is 0 Å². The van der Waals surface area contributed by atoms with Crippen molar-refractivity contribution >= 4 is 40.6 Å². The first-order chi connectivity index (χ1) is 11.0. The Labute approximate surface area is 138 Å². The molecule has 0 unspecified atom stereocenters. The Balaban J connectivity index is 2.09. The average Bonchev–Trinajstić information content (AvgIpc) is 2.46. The van der Waals surface area contributed by atoms with E-state index < -0.39 is 6.03 Å². The molecular weight excluding hydrogens is 318 g/mol. The number of halogens is 1. The van der Waals surface area contributed by atoms with Crippen molar-refractivity contribution < 1.29 is 14.3 Å². The van der Waals surface area contributed by atoms with Gasteiger partial charge in [0.05, 0.1) is 12.8 Å². The average molecular weight is 334 g/mol. The molecule has 0 atom stereocenters. The summed E-state index contributed by atoms with van der Waals surface area (Å²) in [7, 11) is 1.50. The summed E-state index contributed by atoms with van der Waals surface area (Å²) in [5.41, 5.74) is 1.56. The van der Waals surface area contributed by atoms with E-state index in [2.05, 4.69) is 16.0 Å². The maximum Gasteiger partial charge on any atom is 0.323 e. The van der Waals surface area contributed by atoms with Crippen LogP contribution in [0.2, 0.25) is 5.02 Å². The number of carbonyl (C=O) groups excluding carboxylic acids is 2. The quantitative estimate of drug-likeness (QED) is 0.792. The topological polar surface area (TPSA) is 79.5 Å². The molecule has 0 saturated heterocycles. The van der Waals surface area contributed by atoms with E-state index in [0.717, 1.165) is 0 Å². The number of carbonyl (C=O) groups is 2. The third-order valence-corrected chi connectivity index (χ3v) is 3.09. The number of benzene rings is 2. The van der Waals surface area contributed by atoms with Gasteiger partial charge in [0.2, 0.25) is 5.91 Å². The molecule has 0 aliphatic rings. The summed E-state index contributed by atoms with van der Waals surface area (Å²) in [5.74, 6) is 0.268. The maximum atomic E-state index is 12.0. The summed E-state index contributed by atoms with van der Waals surface area (Å²) in [6.07, 6.45) is 0. The molecule has 0 spiro atoms. The molecule has 0 fully saturated rings. The van der Waals surface area contributed by atoms with Crippen LogP contribution in [0.3, 0.4) is 0 Å². The second-order valence-electron chi connectivity index (χ2n) is 4.69. The van der Waals surface area contributed by atoms with E-state index in [0.29, 0.717) is 27.8 Å². The number of anilines is 3. The van der Waals surface area contributed by atoms with Crippen molar-refractivity contribution in [1.29, 1.82) is 0 Å². The van der Waals surface area contributed by atoms with E-state index >= 15 is 0 Å². The molecule has 7 heteroatoms. The van der Waals surface area contributed by atoms with E-state index in [4.69, 9.17) is 16.3 Å². The van der Waals surface area contributed by atoms with E-state index in [1.54, 1.807) is 42.5 Å². The predicted octanol–water partition coefficient (Wildman–Crippen LogP) is 3.95. The van der Waals surface area contributed by atoms with Gasteiger partial charge in [0.25, 0.3) is 0 Å². The van der Waals surface area contributed by atoms with Crippen molar-refractivity contribution in [1.82, 2.24) is 0 Å². The van der Waals surface area contributed by atoms with Gasteiger partial charge < -0.3 is 20.7 Å². The minimum absolute atomic E-state index is 0.233. The zero-order valence-electron chi connectivity index (χ0n) is 12.6. The number of methoxy groups -OCH3 is 1. The molecule has 3 amide bonds. The Morgan fingerprint density at radius 3 is 2.30 bits per heavy atom. The maximum absolute atomic E-state index is 12.0. The van der Waals surface area contributed by atoms with Crippen molar-refractivity contribution in [3.8, 4) is 5.75 Å². The molecule has 120 valence electrons. The minimum atomic E-state index is -0.425. The highest BCUT2D eigenvalue weighted by Crippen LogP contribution is 2.28. The first-order valence-corrected chi connectivity index (χ1v) is 7.15. The summed E-state index contributed by atoms with van der Waals surface area (Å²) in [5, 5.41) is 8.51. The second kappa shape index (κ2) is 7.51. The molecule has 0 radical (unpaired) electrons. The fourth-order valence-corrected chi connectivity index (χ4v) is 2.12. The number of hydrogen-bond donors (Lipinski definition) is 3. The SMILES string of the molecule is COc1ccc(NC(=O)Nc2cccc(Cl)c2)cc1NC(C)=O. The summed E-state index contributed by atoms with van der Waals surface area (Å²) in [6, 6.07) is 11.3. The monoisotopic (exact) mass is 333 g/mol. The lowest BCUT2D eigenvalue weighted by atomic mass is 10.2. The van der Waals surface area contributed by atoms with Crippen LogP contribution >= 0.6 is 11.6 Å². The van der Waals surface area contributed by atoms with E-state index in [-0.39, 0.29) is 5.91 Å². The third-order valence-electron chi connectivity index (χ3n) is 2.85. The van der Waals surface area contributed by atoms with Gasteiger partial charge in [-0.3, -0.25) is 4.79 Å². The van der Waals surface area contributed by atoms with Crippen molar-refractivity contribution in [2.75, 3.05) is 23.1 Å². The van der Waals surface area contributed by atoms with Crippen LogP contribution in [-0.2, 0) is 4.79 Å². The first kappa shape index (κ1) is 16.6. The lowest BCUT2D eigenvalue weighted by Gasteiger charge is -2.12. The zero-order valence-corrected chi connectivity index (χ0v) is 13.4. The molecule has 0 bridgehead atoms. The van der Waals surface area contributed by atoms with Gasteiger partial charge >= 0.3 is 6.03 Å². The molecule has 23 heavy (non-hydrogen) atoms. The molecular formula is C16H16ClN3O3. The smallest absolute Gasteiger partial charge is 0.323 e. The van der Waals surface area contributed by atoms with Crippen molar-refractivity contribution in [3.05, 3.63) is 47.5 Å². The van der Waals surface area contributed by atoms with Gasteiger partial charge in [0, 0.05) is 23.3 Å². The molecule has 3 N–H and O–H groups in total. The van der Waals surface area contributed by atoms with Gasteiger partial charge in [-0.15, -0.1) is 0 Å². The largest absolute Gasteiger partial charge is 0.495 e. The first-order valence-electron chi connectivity index (χ1n) is 6.77. The van der Waals surface area contributed by atoms with E-state index in [1.807, 2.05) is 0 Å². The van der Waals surface area contributed by atoms with Gasteiger partial charge in [-0.05, 0) is 36.4 Å². The van der Waals surface area contributed by atoms with Crippen LogP contribution in [0.25, 0.3) is 0 Å². The van der Waals surface area contributed by atoms with Crippen LogP contribution in [-0.4, -0.2) is 19.0 Å². The fourth-order valence-electron chi connectivity index (χ4n) is 1.93. The van der Waals surface area contributed by atoms with Crippen LogP contribution in [0.1, 0.15) is 6.92 Å². The van der Waals surface area contributed by atoms with Gasteiger partial charge in [0.1, 0.15) is 5.75 Å². The number of nitrogens with one attached hydrogen (secondary N) is 3. The Bertz CT molecular complexity index is 734. The molecule has 2 aromatic rings. The second-order valence-corrected chi connectivity index (χ2v) is 5.12. The van der Waals surface area contributed by atoms with Gasteiger partial charge in [-0.2, -0.15) is 0 Å². The molecule has 2 rings (SSSR count). The Kier molecular flexibility index (Phi) is 5.43. The normalized spacial score (nSPS) is 9.87. The fraction of sp³-hybridized carbons (Fsp3) is 0.125. The number of rotatable bonds is 4. The highest BCUT2D eigenvalue weighted by atomic mass is 35.5.